The molecule has 0 bridgehead atoms. The normalized spacial score (nSPS) is 0. The van der Waals surface area contributed by atoms with Crippen LogP contribution in [0.1, 0.15) is 0 Å². The Morgan fingerprint density at radius 1 is 0.375 bits per heavy atom. The van der Waals surface area contributed by atoms with E-state index in [9.17, 15) is 0 Å². The zero-order valence-electron chi connectivity index (χ0n) is 3.29. The van der Waals surface area contributed by atoms with Gasteiger partial charge in [0.15, 0.2) is 0 Å². The monoisotopic (exact) mass is 1020 g/mol. The maximum Gasteiger partial charge on any atom is 5.00 e. The van der Waals surface area contributed by atoms with Gasteiger partial charge in [-0.3, -0.25) is 0 Å². The number of hydrogen-bond donors (Lipinski definition) is 0. The van der Waals surface area contributed by atoms with E-state index in [0.29, 0.717) is 0 Å². The molecule has 0 N–H and O–H groups in total. The molecule has 0 nitrogen and oxygen atoms in total. The molecule has 0 unspecified atom stereocenters. The number of halogens is 6. The summed E-state index contributed by atoms with van der Waals surface area (Å²) in [5.74, 6) is 0. The van der Waals surface area contributed by atoms with Crippen molar-refractivity contribution in [1.29, 1.82) is 0 Å². The van der Waals surface area contributed by atoms with Crippen LogP contribution in [0.3, 0.4) is 0 Å². The third-order valence-corrected chi connectivity index (χ3v) is 0. The molecule has 8 heteroatoms. The third-order valence-electron chi connectivity index (χ3n) is 0. The molecule has 0 heterocycles. The fraction of sp³-hybridized carbons (Fsp3) is 0. The van der Waals surface area contributed by atoms with Crippen molar-refractivity contribution in [3.05, 3.63) is 0 Å². The predicted molar refractivity (Wildman–Crippen MR) is 5.75 cm³/mol. The first-order chi connectivity index (χ1) is 0. The number of rotatable bonds is 0. The smallest absolute Gasteiger partial charge is 1.00 e. The molecule has 0 aliphatic rings. The van der Waals surface area contributed by atoms with Gasteiger partial charge in [0.05, 0.1) is 0 Å². The van der Waals surface area contributed by atoms with Crippen molar-refractivity contribution in [2.24, 2.45) is 0 Å². The van der Waals surface area contributed by atoms with Crippen molar-refractivity contribution in [2.75, 3.05) is 0 Å². The molecule has 0 atom stereocenters. The summed E-state index contributed by atoms with van der Waals surface area (Å²) in [5, 5.41) is 0. The molecule has 0 aliphatic heterocycles. The second kappa shape index (κ2) is 52.5. The van der Waals surface area contributed by atoms with Crippen molar-refractivity contribution in [3.8, 4) is 0 Å². The van der Waals surface area contributed by atoms with Crippen LogP contribution in [-0.4, -0.2) is 27.3 Å². The summed E-state index contributed by atoms with van der Waals surface area (Å²) >= 11 is 0. The molecule has 0 rings (SSSR count). The second-order valence-electron chi connectivity index (χ2n) is 0. The van der Waals surface area contributed by atoms with Crippen LogP contribution in [-0.2, 0) is 18.6 Å². The standard InChI is InChI=1S/6HI.Tl.V/h6*1H;;/q;;;;;;+1;+5/p-6. The molecule has 0 saturated carbocycles. The van der Waals surface area contributed by atoms with Gasteiger partial charge in [-0.25, -0.2) is 0 Å². The minimum absolute atomic E-state index is 0. The molecule has 50 valence electrons. The van der Waals surface area contributed by atoms with Crippen molar-refractivity contribution in [3.63, 3.8) is 0 Å². The molecule has 0 aromatic heterocycles. The fourth-order valence-corrected chi connectivity index (χ4v) is 0. The van der Waals surface area contributed by atoms with Crippen LogP contribution in [0.4, 0.5) is 0 Å². The average molecular weight is 1020 g/mol. The van der Waals surface area contributed by atoms with Crippen molar-refractivity contribution < 1.29 is 162 Å². The van der Waals surface area contributed by atoms with Gasteiger partial charge in [0.2, 0.25) is 0 Å². The molecular formula is I6TlV. The molecule has 8 heavy (non-hydrogen) atoms. The Labute approximate surface area is 185 Å². The van der Waals surface area contributed by atoms with Gasteiger partial charge in [0.25, 0.3) is 0 Å². The third kappa shape index (κ3) is 40.7. The van der Waals surface area contributed by atoms with Crippen LogP contribution in [0.15, 0.2) is 0 Å². The van der Waals surface area contributed by atoms with Gasteiger partial charge >= 0.3 is 45.9 Å². The van der Waals surface area contributed by atoms with E-state index in [1.54, 1.807) is 0 Å². The maximum absolute atomic E-state index is 0. The van der Waals surface area contributed by atoms with E-state index in [0.717, 1.165) is 0 Å². The van der Waals surface area contributed by atoms with Crippen LogP contribution < -0.4 is 144 Å². The zero-order valence-corrected chi connectivity index (χ0v) is 22.1. The van der Waals surface area contributed by atoms with Gasteiger partial charge in [-0.15, -0.1) is 0 Å². The molecule has 0 fully saturated rings. The first kappa shape index (κ1) is 66.6. The summed E-state index contributed by atoms with van der Waals surface area (Å²) < 4.78 is 0. The second-order valence-corrected chi connectivity index (χ2v) is 0. The van der Waals surface area contributed by atoms with Gasteiger partial charge in [0, 0.05) is 0 Å². The van der Waals surface area contributed by atoms with Crippen LogP contribution in [0.5, 0.6) is 0 Å². The van der Waals surface area contributed by atoms with Crippen molar-refractivity contribution in [2.45, 2.75) is 0 Å². The Morgan fingerprint density at radius 2 is 0.375 bits per heavy atom. The van der Waals surface area contributed by atoms with Crippen LogP contribution in [0.25, 0.3) is 0 Å². The maximum atomic E-state index is 0. The minimum atomic E-state index is 0. The Bertz CT molecular complexity index is 8.49. The van der Waals surface area contributed by atoms with Crippen molar-refractivity contribution in [1.82, 2.24) is 0 Å². The first-order valence-corrected chi connectivity index (χ1v) is 0. The van der Waals surface area contributed by atoms with Gasteiger partial charge in [0.1, 0.15) is 0 Å². The molecule has 0 amide bonds. The summed E-state index contributed by atoms with van der Waals surface area (Å²) in [6.07, 6.45) is 0. The summed E-state index contributed by atoms with van der Waals surface area (Å²) in [7, 11) is 0. The summed E-state index contributed by atoms with van der Waals surface area (Å²) in [6, 6.07) is 0. The van der Waals surface area contributed by atoms with Gasteiger partial charge in [-0.2, -0.15) is 0 Å². The Morgan fingerprint density at radius 3 is 0.375 bits per heavy atom. The van der Waals surface area contributed by atoms with Gasteiger partial charge in [-0.1, -0.05) is 0 Å². The van der Waals surface area contributed by atoms with E-state index < -0.39 is 0 Å². The quantitative estimate of drug-likeness (QED) is 0.168. The summed E-state index contributed by atoms with van der Waals surface area (Å²) in [4.78, 5) is 0. The van der Waals surface area contributed by atoms with Gasteiger partial charge < -0.3 is 144 Å². The molecule has 0 saturated heterocycles. The first-order valence-electron chi connectivity index (χ1n) is 0. The van der Waals surface area contributed by atoms with E-state index in [1.807, 2.05) is 0 Å². The molecule has 0 aromatic rings. The predicted octanol–water partition coefficient (Wildman–Crippen LogP) is -18.4. The Kier molecular flexibility index (Phi) is 437. The Hall–Kier alpha value is 5.89. The average Bonchev–Trinajstić information content (AvgIpc) is 0. The van der Waals surface area contributed by atoms with Crippen LogP contribution in [0, 0.1) is 0 Å². The molecule has 0 aromatic carbocycles. The van der Waals surface area contributed by atoms with Crippen molar-refractivity contribution >= 4 is 27.3 Å². The van der Waals surface area contributed by atoms with Crippen LogP contribution in [0.2, 0.25) is 0 Å². The zero-order chi connectivity index (χ0) is 0. The molecular weight excluding hydrogens is 1020 g/mol. The topological polar surface area (TPSA) is 0 Å². The summed E-state index contributed by atoms with van der Waals surface area (Å²) in [5.41, 5.74) is 0. The fourth-order valence-electron chi connectivity index (χ4n) is 0. The molecule has 0 aliphatic carbocycles. The molecule has 0 spiro atoms. The largest absolute Gasteiger partial charge is 5.00 e. The van der Waals surface area contributed by atoms with E-state index in [4.69, 9.17) is 0 Å². The van der Waals surface area contributed by atoms with E-state index in [1.165, 1.54) is 0 Å². The van der Waals surface area contributed by atoms with E-state index >= 15 is 0 Å². The summed E-state index contributed by atoms with van der Waals surface area (Å²) in [6.45, 7) is 0. The Balaban J connectivity index is 0. The van der Waals surface area contributed by atoms with E-state index in [-0.39, 0.29) is 190 Å². The number of hydrogen-bond acceptors (Lipinski definition) is 0. The van der Waals surface area contributed by atoms with E-state index in [2.05, 4.69) is 0 Å². The van der Waals surface area contributed by atoms with Gasteiger partial charge in [-0.05, 0) is 0 Å². The molecule has 0 radical (unpaired) electrons. The van der Waals surface area contributed by atoms with Crippen LogP contribution >= 0.6 is 0 Å². The SMILES string of the molecule is [I-].[I-].[I-].[I-].[I-].[I-].[Tl+].[V+5]. The minimum Gasteiger partial charge on any atom is -1.00 e.